The predicted molar refractivity (Wildman–Crippen MR) is 72.6 cm³/mol. The van der Waals surface area contributed by atoms with Crippen LogP contribution in [0.2, 0.25) is 0 Å². The highest BCUT2D eigenvalue weighted by Crippen LogP contribution is 2.19. The topological polar surface area (TPSA) is 6.48 Å². The zero-order valence-corrected chi connectivity index (χ0v) is 11.4. The number of anilines is 1. The Balaban J connectivity index is 2.69. The zero-order valence-electron chi connectivity index (χ0n) is 10.6. The van der Waals surface area contributed by atoms with E-state index in [0.717, 1.165) is 13.1 Å². The molecule has 0 aromatic heterocycles. The summed E-state index contributed by atoms with van der Waals surface area (Å²) in [6.07, 6.45) is 0. The normalized spacial score (nSPS) is 10.9. The van der Waals surface area contributed by atoms with Crippen molar-refractivity contribution in [3.63, 3.8) is 0 Å². The molecule has 0 atom stereocenters. The number of benzene rings is 1. The van der Waals surface area contributed by atoms with Gasteiger partial charge in [0, 0.05) is 31.7 Å². The van der Waals surface area contributed by atoms with Gasteiger partial charge in [-0.3, -0.25) is 0 Å². The van der Waals surface area contributed by atoms with Crippen LogP contribution >= 0.6 is 11.6 Å². The summed E-state index contributed by atoms with van der Waals surface area (Å²) in [6.45, 7) is 4.21. The standard InChI is InChI=1S/C13H21ClN2/c1-11-9-13(6-5-12(11)10-14)16(4)8-7-15(2)3/h5-6,9H,7-8,10H2,1-4H3. The minimum atomic E-state index is 0.591. The van der Waals surface area contributed by atoms with Gasteiger partial charge in [-0.15, -0.1) is 11.6 Å². The van der Waals surface area contributed by atoms with Gasteiger partial charge in [-0.2, -0.15) is 0 Å². The second kappa shape index (κ2) is 6.12. The Morgan fingerprint density at radius 2 is 1.81 bits per heavy atom. The molecule has 1 aromatic rings. The number of aryl methyl sites for hydroxylation is 1. The third-order valence-corrected chi connectivity index (χ3v) is 3.08. The van der Waals surface area contributed by atoms with E-state index in [-0.39, 0.29) is 0 Å². The van der Waals surface area contributed by atoms with E-state index >= 15 is 0 Å². The Hall–Kier alpha value is -0.730. The lowest BCUT2D eigenvalue weighted by atomic mass is 10.1. The van der Waals surface area contributed by atoms with Gasteiger partial charge in [-0.25, -0.2) is 0 Å². The molecular weight excluding hydrogens is 220 g/mol. The van der Waals surface area contributed by atoms with E-state index in [0.29, 0.717) is 5.88 Å². The van der Waals surface area contributed by atoms with Gasteiger partial charge in [0.05, 0.1) is 0 Å². The first-order valence-corrected chi connectivity index (χ1v) is 6.09. The second-order valence-electron chi connectivity index (χ2n) is 4.47. The van der Waals surface area contributed by atoms with Crippen LogP contribution in [0.15, 0.2) is 18.2 Å². The maximum absolute atomic E-state index is 5.85. The molecule has 0 heterocycles. The summed E-state index contributed by atoms with van der Waals surface area (Å²) in [7, 11) is 6.31. The summed E-state index contributed by atoms with van der Waals surface area (Å²) in [6, 6.07) is 6.46. The third-order valence-electron chi connectivity index (χ3n) is 2.79. The molecule has 2 nitrogen and oxygen atoms in total. The number of rotatable bonds is 5. The zero-order chi connectivity index (χ0) is 12.1. The monoisotopic (exact) mass is 240 g/mol. The van der Waals surface area contributed by atoms with E-state index in [9.17, 15) is 0 Å². The van der Waals surface area contributed by atoms with Crippen molar-refractivity contribution < 1.29 is 0 Å². The van der Waals surface area contributed by atoms with Crippen molar-refractivity contribution in [1.82, 2.24) is 4.90 Å². The van der Waals surface area contributed by atoms with Crippen LogP contribution in [-0.4, -0.2) is 39.1 Å². The SMILES string of the molecule is Cc1cc(N(C)CCN(C)C)ccc1CCl. The molecule has 3 heteroatoms. The lowest BCUT2D eigenvalue weighted by molar-refractivity contribution is 0.416. The molecule has 0 saturated carbocycles. The molecule has 1 rings (SSSR count). The minimum Gasteiger partial charge on any atom is -0.373 e. The van der Waals surface area contributed by atoms with Crippen LogP contribution in [0.5, 0.6) is 0 Å². The number of hydrogen-bond donors (Lipinski definition) is 0. The molecule has 0 spiro atoms. The summed E-state index contributed by atoms with van der Waals surface area (Å²) in [5.74, 6) is 0.591. The summed E-state index contributed by atoms with van der Waals surface area (Å²) < 4.78 is 0. The fourth-order valence-corrected chi connectivity index (χ4v) is 1.85. The summed E-state index contributed by atoms with van der Waals surface area (Å²) in [4.78, 5) is 4.46. The van der Waals surface area contributed by atoms with Crippen molar-refractivity contribution in [1.29, 1.82) is 0 Å². The molecule has 0 N–H and O–H groups in total. The highest BCUT2D eigenvalue weighted by molar-refractivity contribution is 6.17. The minimum absolute atomic E-state index is 0.591. The van der Waals surface area contributed by atoms with Crippen LogP contribution in [0.25, 0.3) is 0 Å². The molecule has 0 radical (unpaired) electrons. The average molecular weight is 241 g/mol. The fourth-order valence-electron chi connectivity index (χ4n) is 1.55. The van der Waals surface area contributed by atoms with Gasteiger partial charge < -0.3 is 9.80 Å². The van der Waals surface area contributed by atoms with Gasteiger partial charge in [0.2, 0.25) is 0 Å². The molecule has 0 amide bonds. The van der Waals surface area contributed by atoms with Crippen molar-refractivity contribution in [2.75, 3.05) is 39.1 Å². The number of alkyl halides is 1. The molecule has 0 aliphatic rings. The number of hydrogen-bond acceptors (Lipinski definition) is 2. The van der Waals surface area contributed by atoms with Crippen molar-refractivity contribution in [2.45, 2.75) is 12.8 Å². The molecule has 0 saturated heterocycles. The van der Waals surface area contributed by atoms with Crippen molar-refractivity contribution in [2.24, 2.45) is 0 Å². The smallest absolute Gasteiger partial charge is 0.0476 e. The lowest BCUT2D eigenvalue weighted by Crippen LogP contribution is -2.28. The van der Waals surface area contributed by atoms with E-state index in [1.807, 2.05) is 0 Å². The summed E-state index contributed by atoms with van der Waals surface area (Å²) >= 11 is 5.85. The Kier molecular flexibility index (Phi) is 5.10. The van der Waals surface area contributed by atoms with Gasteiger partial charge in [0.25, 0.3) is 0 Å². The van der Waals surface area contributed by atoms with Gasteiger partial charge in [0.1, 0.15) is 0 Å². The van der Waals surface area contributed by atoms with Crippen LogP contribution in [0.3, 0.4) is 0 Å². The molecule has 0 aliphatic carbocycles. The molecule has 1 aromatic carbocycles. The Morgan fingerprint density at radius 3 is 2.31 bits per heavy atom. The van der Waals surface area contributed by atoms with Crippen LogP contribution in [0.1, 0.15) is 11.1 Å². The lowest BCUT2D eigenvalue weighted by Gasteiger charge is -2.22. The van der Waals surface area contributed by atoms with Crippen LogP contribution in [-0.2, 0) is 5.88 Å². The van der Waals surface area contributed by atoms with Gasteiger partial charge in [0.15, 0.2) is 0 Å². The highest BCUT2D eigenvalue weighted by atomic mass is 35.5. The van der Waals surface area contributed by atoms with Crippen LogP contribution in [0, 0.1) is 6.92 Å². The summed E-state index contributed by atoms with van der Waals surface area (Å²) in [5, 5.41) is 0. The quantitative estimate of drug-likeness (QED) is 0.731. The maximum Gasteiger partial charge on any atom is 0.0476 e. The highest BCUT2D eigenvalue weighted by Gasteiger charge is 2.03. The largest absolute Gasteiger partial charge is 0.373 e. The van der Waals surface area contributed by atoms with Crippen molar-refractivity contribution in [3.8, 4) is 0 Å². The predicted octanol–water partition coefficient (Wildman–Crippen LogP) is 2.73. The third kappa shape index (κ3) is 3.69. The van der Waals surface area contributed by atoms with Gasteiger partial charge >= 0.3 is 0 Å². The number of halogens is 1. The second-order valence-corrected chi connectivity index (χ2v) is 4.74. The van der Waals surface area contributed by atoms with Gasteiger partial charge in [-0.05, 0) is 44.3 Å². The van der Waals surface area contributed by atoms with E-state index in [1.54, 1.807) is 0 Å². The molecule has 0 aliphatic heterocycles. The van der Waals surface area contributed by atoms with Crippen LogP contribution < -0.4 is 4.90 Å². The first-order chi connectivity index (χ1) is 7.54. The van der Waals surface area contributed by atoms with E-state index in [1.165, 1.54) is 16.8 Å². The van der Waals surface area contributed by atoms with E-state index < -0.39 is 0 Å². The first kappa shape index (κ1) is 13.3. The average Bonchev–Trinajstić information content (AvgIpc) is 2.25. The van der Waals surface area contributed by atoms with Crippen molar-refractivity contribution in [3.05, 3.63) is 29.3 Å². The Morgan fingerprint density at radius 1 is 1.12 bits per heavy atom. The maximum atomic E-state index is 5.85. The van der Waals surface area contributed by atoms with E-state index in [2.05, 4.69) is 56.1 Å². The molecular formula is C13H21ClN2. The number of likely N-dealkylation sites (N-methyl/N-ethyl adjacent to an activating group) is 2. The number of nitrogens with zero attached hydrogens (tertiary/aromatic N) is 2. The molecule has 0 unspecified atom stereocenters. The fraction of sp³-hybridized carbons (Fsp3) is 0.538. The van der Waals surface area contributed by atoms with Gasteiger partial charge in [-0.1, -0.05) is 6.07 Å². The van der Waals surface area contributed by atoms with E-state index in [4.69, 9.17) is 11.6 Å². The summed E-state index contributed by atoms with van der Waals surface area (Å²) in [5.41, 5.74) is 3.74. The molecule has 90 valence electrons. The molecule has 0 bridgehead atoms. The Labute approximate surface area is 104 Å². The molecule has 16 heavy (non-hydrogen) atoms. The Bertz CT molecular complexity index is 337. The molecule has 0 fully saturated rings. The van der Waals surface area contributed by atoms with Crippen LogP contribution in [0.4, 0.5) is 5.69 Å². The first-order valence-electron chi connectivity index (χ1n) is 5.56. The van der Waals surface area contributed by atoms with Crippen molar-refractivity contribution >= 4 is 17.3 Å².